The molecule has 0 unspecified atom stereocenters. The molecule has 0 aliphatic carbocycles. The molecule has 3 rings (SSSR count). The molecule has 23 heavy (non-hydrogen) atoms. The predicted octanol–water partition coefficient (Wildman–Crippen LogP) is 1.31. The first kappa shape index (κ1) is 16.2. The predicted molar refractivity (Wildman–Crippen MR) is 85.9 cm³/mol. The van der Waals surface area contributed by atoms with Gasteiger partial charge in [-0.3, -0.25) is 9.48 Å². The Labute approximate surface area is 137 Å². The average molecular weight is 319 g/mol. The van der Waals surface area contributed by atoms with Gasteiger partial charge in [-0.05, 0) is 31.2 Å². The minimum Gasteiger partial charge on any atom is -0.372 e. The summed E-state index contributed by atoms with van der Waals surface area (Å²) in [6.07, 6.45) is 8.79. The minimum atomic E-state index is -0.274. The van der Waals surface area contributed by atoms with Crippen LogP contribution in [-0.2, 0) is 27.7 Å². The number of aryl methyl sites for hydroxylation is 1. The number of hydrogen-bond acceptors (Lipinski definition) is 4. The Bertz CT molecular complexity index is 551. The molecule has 6 heteroatoms. The molecule has 0 radical (unpaired) electrons. The Morgan fingerprint density at radius 3 is 3.09 bits per heavy atom. The largest absolute Gasteiger partial charge is 0.372 e. The fraction of sp³-hybridized carbons (Fsp3) is 0.647. The van der Waals surface area contributed by atoms with Gasteiger partial charge >= 0.3 is 0 Å². The van der Waals surface area contributed by atoms with Crippen LogP contribution in [0.4, 0.5) is 0 Å². The summed E-state index contributed by atoms with van der Waals surface area (Å²) in [5.41, 5.74) is 1.12. The van der Waals surface area contributed by atoms with Crippen LogP contribution in [0.5, 0.6) is 0 Å². The molecule has 2 aliphatic heterocycles. The van der Waals surface area contributed by atoms with E-state index >= 15 is 0 Å². The van der Waals surface area contributed by atoms with Crippen LogP contribution < -0.4 is 0 Å². The van der Waals surface area contributed by atoms with E-state index in [0.29, 0.717) is 13.2 Å². The van der Waals surface area contributed by atoms with Crippen molar-refractivity contribution in [2.75, 3.05) is 19.8 Å². The van der Waals surface area contributed by atoms with Gasteiger partial charge in [0.15, 0.2) is 0 Å². The lowest BCUT2D eigenvalue weighted by Crippen LogP contribution is -2.46. The van der Waals surface area contributed by atoms with Crippen molar-refractivity contribution in [3.63, 3.8) is 0 Å². The molecule has 3 heterocycles. The fourth-order valence-corrected chi connectivity index (χ4v) is 3.50. The lowest BCUT2D eigenvalue weighted by Gasteiger charge is -2.29. The van der Waals surface area contributed by atoms with E-state index in [4.69, 9.17) is 9.47 Å². The van der Waals surface area contributed by atoms with Gasteiger partial charge in [-0.1, -0.05) is 6.08 Å². The molecule has 0 spiro atoms. The van der Waals surface area contributed by atoms with Crippen LogP contribution >= 0.6 is 0 Å². The van der Waals surface area contributed by atoms with Crippen molar-refractivity contribution in [3.05, 3.63) is 30.6 Å². The maximum absolute atomic E-state index is 12.8. The van der Waals surface area contributed by atoms with E-state index in [2.05, 4.69) is 11.7 Å². The summed E-state index contributed by atoms with van der Waals surface area (Å²) < 4.78 is 13.3. The maximum atomic E-state index is 12.8. The van der Waals surface area contributed by atoms with Crippen LogP contribution in [0.2, 0.25) is 0 Å². The third-order valence-corrected chi connectivity index (χ3v) is 4.60. The first-order valence-electron chi connectivity index (χ1n) is 8.31. The third-order valence-electron chi connectivity index (χ3n) is 4.60. The summed E-state index contributed by atoms with van der Waals surface area (Å²) >= 11 is 0. The van der Waals surface area contributed by atoms with Gasteiger partial charge in [0.25, 0.3) is 5.91 Å². The van der Waals surface area contributed by atoms with Gasteiger partial charge in [0.1, 0.15) is 6.10 Å². The Hall–Kier alpha value is -1.66. The molecule has 0 bridgehead atoms. The van der Waals surface area contributed by atoms with Gasteiger partial charge in [-0.2, -0.15) is 5.10 Å². The van der Waals surface area contributed by atoms with Crippen molar-refractivity contribution in [1.29, 1.82) is 0 Å². The number of carbonyl (C=O) groups excluding carboxylic acids is 1. The zero-order chi connectivity index (χ0) is 16.2. The van der Waals surface area contributed by atoms with Crippen molar-refractivity contribution < 1.29 is 14.3 Å². The zero-order valence-corrected chi connectivity index (χ0v) is 13.7. The first-order chi connectivity index (χ1) is 11.2. The van der Waals surface area contributed by atoms with Crippen molar-refractivity contribution in [2.24, 2.45) is 7.05 Å². The Morgan fingerprint density at radius 1 is 1.57 bits per heavy atom. The molecule has 2 fully saturated rings. The first-order valence-corrected chi connectivity index (χ1v) is 8.31. The molecule has 1 amide bonds. The number of carbonyl (C=O) groups is 1. The quantitative estimate of drug-likeness (QED) is 0.742. The van der Waals surface area contributed by atoms with Gasteiger partial charge in [-0.15, -0.1) is 6.58 Å². The molecule has 2 aliphatic rings. The fourth-order valence-electron chi connectivity index (χ4n) is 3.50. The number of amides is 1. The second-order valence-electron chi connectivity index (χ2n) is 6.28. The van der Waals surface area contributed by atoms with Crippen molar-refractivity contribution in [2.45, 2.75) is 43.9 Å². The molecule has 6 nitrogen and oxygen atoms in total. The molecular formula is C17H25N3O3. The van der Waals surface area contributed by atoms with Gasteiger partial charge in [0.2, 0.25) is 0 Å². The van der Waals surface area contributed by atoms with Crippen LogP contribution in [0.15, 0.2) is 25.0 Å². The van der Waals surface area contributed by atoms with Crippen molar-refractivity contribution in [1.82, 2.24) is 14.7 Å². The second kappa shape index (κ2) is 7.27. The molecule has 3 atom stereocenters. The summed E-state index contributed by atoms with van der Waals surface area (Å²) in [6.45, 7) is 5.64. The van der Waals surface area contributed by atoms with Gasteiger partial charge in [-0.25, -0.2) is 0 Å². The molecular weight excluding hydrogens is 294 g/mol. The number of aromatic nitrogens is 2. The van der Waals surface area contributed by atoms with Gasteiger partial charge in [0.05, 0.1) is 24.9 Å². The molecule has 126 valence electrons. The second-order valence-corrected chi connectivity index (χ2v) is 6.28. The van der Waals surface area contributed by atoms with E-state index < -0.39 is 0 Å². The molecule has 0 saturated carbocycles. The Morgan fingerprint density at radius 2 is 2.43 bits per heavy atom. The molecule has 1 aromatic heterocycles. The van der Waals surface area contributed by atoms with Gasteiger partial charge < -0.3 is 14.4 Å². The smallest absolute Gasteiger partial charge is 0.252 e. The monoisotopic (exact) mass is 319 g/mol. The number of nitrogens with zero attached hydrogens (tertiary/aromatic N) is 3. The normalized spacial score (nSPS) is 27.5. The van der Waals surface area contributed by atoms with Crippen molar-refractivity contribution in [3.8, 4) is 0 Å². The van der Waals surface area contributed by atoms with Crippen LogP contribution in [0.25, 0.3) is 0 Å². The number of hydrogen-bond donors (Lipinski definition) is 0. The van der Waals surface area contributed by atoms with E-state index in [1.54, 1.807) is 10.8 Å². The van der Waals surface area contributed by atoms with Gasteiger partial charge in [0, 0.05) is 26.4 Å². The topological polar surface area (TPSA) is 56.6 Å². The van der Waals surface area contributed by atoms with E-state index in [-0.39, 0.29) is 24.2 Å². The van der Waals surface area contributed by atoms with Crippen LogP contribution in [0.3, 0.4) is 0 Å². The average Bonchev–Trinajstić information content (AvgIpc) is 3.27. The van der Waals surface area contributed by atoms with Crippen LogP contribution in [-0.4, -0.2) is 58.6 Å². The molecule has 2 saturated heterocycles. The highest BCUT2D eigenvalue weighted by Gasteiger charge is 2.41. The summed E-state index contributed by atoms with van der Waals surface area (Å²) in [6, 6.07) is 0.0378. The number of ether oxygens (including phenoxy) is 2. The summed E-state index contributed by atoms with van der Waals surface area (Å²) in [5, 5.41) is 4.22. The maximum Gasteiger partial charge on any atom is 0.252 e. The summed E-state index contributed by atoms with van der Waals surface area (Å²) in [4.78, 5) is 14.7. The molecule has 1 aromatic rings. The van der Waals surface area contributed by atoms with E-state index in [0.717, 1.165) is 37.8 Å². The molecule has 0 N–H and O–H groups in total. The SMILES string of the molecule is C=CCO[C@H]1CCN(C(=O)[C@H]2CCCO2)[C@H]1Cc1cnn(C)c1. The standard InChI is InChI=1S/C17H25N3O3/c1-3-8-22-15-6-7-20(17(21)16-5-4-9-23-16)14(15)10-13-11-18-19(2)12-13/h3,11-12,14-16H,1,4-10H2,2H3/t14-,15-,16+/m0/s1. The number of likely N-dealkylation sites (tertiary alicyclic amines) is 1. The van der Waals surface area contributed by atoms with Crippen LogP contribution in [0.1, 0.15) is 24.8 Å². The highest BCUT2D eigenvalue weighted by molar-refractivity contribution is 5.82. The van der Waals surface area contributed by atoms with E-state index in [9.17, 15) is 4.79 Å². The minimum absolute atomic E-state index is 0.0378. The zero-order valence-electron chi connectivity index (χ0n) is 13.7. The van der Waals surface area contributed by atoms with E-state index in [1.165, 1.54) is 0 Å². The lowest BCUT2D eigenvalue weighted by atomic mass is 10.0. The van der Waals surface area contributed by atoms with Crippen LogP contribution in [0, 0.1) is 0 Å². The third kappa shape index (κ3) is 3.64. The van der Waals surface area contributed by atoms with Crippen molar-refractivity contribution >= 4 is 5.91 Å². The Kier molecular flexibility index (Phi) is 5.13. The number of rotatable bonds is 6. The van der Waals surface area contributed by atoms with E-state index in [1.807, 2.05) is 24.3 Å². The lowest BCUT2D eigenvalue weighted by molar-refractivity contribution is -0.142. The molecule has 0 aromatic carbocycles. The summed E-state index contributed by atoms with van der Waals surface area (Å²) in [5.74, 6) is 0.112. The Balaban J connectivity index is 1.73. The highest BCUT2D eigenvalue weighted by atomic mass is 16.5. The highest BCUT2D eigenvalue weighted by Crippen LogP contribution is 2.27. The summed E-state index contributed by atoms with van der Waals surface area (Å²) in [7, 11) is 1.90.